The van der Waals surface area contributed by atoms with E-state index in [0.717, 1.165) is 49.9 Å². The van der Waals surface area contributed by atoms with Gasteiger partial charge in [0.15, 0.2) is 11.6 Å². The Bertz CT molecular complexity index is 1010. The molecule has 1 N–H and O–H groups in total. The molecule has 1 aromatic carbocycles. The standard InChI is InChI=1S/C25H35N7.HI/c1-3-26-25(27-16-9-11-24-29-28-23-10-5-8-19-32(23)24)30(2)20-21-12-14-22(15-13-21)31-17-6-4-7-18-31;/h5,8,10,12-15,19H,3-4,6-7,9,11,16-18,20H2,1-2H3,(H,26,27);1H. The van der Waals surface area contributed by atoms with Crippen LogP contribution in [0.5, 0.6) is 0 Å². The molecule has 2 aromatic heterocycles. The molecule has 0 amide bonds. The summed E-state index contributed by atoms with van der Waals surface area (Å²) in [6, 6.07) is 15.0. The van der Waals surface area contributed by atoms with E-state index in [4.69, 9.17) is 4.99 Å². The molecule has 0 atom stereocenters. The topological polar surface area (TPSA) is 61.1 Å². The number of aliphatic imine (C=N–C) groups is 1. The van der Waals surface area contributed by atoms with Crippen molar-refractivity contribution in [2.75, 3.05) is 38.1 Å². The fraction of sp³-hybridized carbons (Fsp3) is 0.480. The Hall–Kier alpha value is -2.36. The number of aromatic nitrogens is 3. The van der Waals surface area contributed by atoms with Crippen LogP contribution in [-0.2, 0) is 13.0 Å². The first kappa shape index (κ1) is 25.3. The molecule has 4 rings (SSSR count). The van der Waals surface area contributed by atoms with Crippen molar-refractivity contribution in [2.24, 2.45) is 4.99 Å². The zero-order valence-corrected chi connectivity index (χ0v) is 22.1. The number of pyridine rings is 1. The van der Waals surface area contributed by atoms with Crippen molar-refractivity contribution >= 4 is 41.3 Å². The Morgan fingerprint density at radius 2 is 1.85 bits per heavy atom. The van der Waals surface area contributed by atoms with Gasteiger partial charge in [-0.15, -0.1) is 34.2 Å². The lowest BCUT2D eigenvalue weighted by atomic mass is 10.1. The Morgan fingerprint density at radius 1 is 1.06 bits per heavy atom. The second-order valence-corrected chi connectivity index (χ2v) is 8.45. The Labute approximate surface area is 214 Å². The van der Waals surface area contributed by atoms with Crippen LogP contribution < -0.4 is 10.2 Å². The lowest BCUT2D eigenvalue weighted by Crippen LogP contribution is -2.38. The first-order chi connectivity index (χ1) is 15.7. The van der Waals surface area contributed by atoms with Gasteiger partial charge in [0.25, 0.3) is 0 Å². The van der Waals surface area contributed by atoms with E-state index in [-0.39, 0.29) is 24.0 Å². The molecule has 33 heavy (non-hydrogen) atoms. The maximum absolute atomic E-state index is 4.85. The summed E-state index contributed by atoms with van der Waals surface area (Å²) in [5.41, 5.74) is 3.54. The quantitative estimate of drug-likeness (QED) is 0.192. The molecule has 0 bridgehead atoms. The monoisotopic (exact) mass is 561 g/mol. The van der Waals surface area contributed by atoms with E-state index in [1.165, 1.54) is 43.6 Å². The first-order valence-corrected chi connectivity index (χ1v) is 11.9. The van der Waals surface area contributed by atoms with Gasteiger partial charge in [-0.3, -0.25) is 9.39 Å². The summed E-state index contributed by atoms with van der Waals surface area (Å²) < 4.78 is 2.05. The SMILES string of the molecule is CCNC(=NCCCc1nnc2ccccn12)N(C)Cc1ccc(N2CCCCC2)cc1.I. The first-order valence-electron chi connectivity index (χ1n) is 11.9. The maximum Gasteiger partial charge on any atom is 0.193 e. The number of fused-ring (bicyclic) bond motifs is 1. The van der Waals surface area contributed by atoms with Crippen LogP contribution >= 0.6 is 24.0 Å². The van der Waals surface area contributed by atoms with Crippen LogP contribution in [0.2, 0.25) is 0 Å². The van der Waals surface area contributed by atoms with Crippen molar-refractivity contribution in [3.8, 4) is 0 Å². The average Bonchev–Trinajstić information content (AvgIpc) is 3.25. The number of anilines is 1. The largest absolute Gasteiger partial charge is 0.372 e. The molecular weight excluding hydrogens is 525 g/mol. The third kappa shape index (κ3) is 6.82. The van der Waals surface area contributed by atoms with Crippen LogP contribution in [0.3, 0.4) is 0 Å². The van der Waals surface area contributed by atoms with Gasteiger partial charge in [-0.1, -0.05) is 18.2 Å². The van der Waals surface area contributed by atoms with Gasteiger partial charge in [-0.2, -0.15) is 0 Å². The molecule has 178 valence electrons. The van der Waals surface area contributed by atoms with E-state index >= 15 is 0 Å². The Morgan fingerprint density at radius 3 is 2.61 bits per heavy atom. The summed E-state index contributed by atoms with van der Waals surface area (Å²) in [6.45, 7) is 6.91. The van der Waals surface area contributed by atoms with Crippen LogP contribution in [0.1, 0.15) is 44.0 Å². The molecule has 1 aliphatic rings. The summed E-state index contributed by atoms with van der Waals surface area (Å²) in [5.74, 6) is 1.93. The van der Waals surface area contributed by atoms with E-state index in [0.29, 0.717) is 0 Å². The average molecular weight is 562 g/mol. The van der Waals surface area contributed by atoms with Crippen molar-refractivity contribution < 1.29 is 0 Å². The van der Waals surface area contributed by atoms with Crippen LogP contribution in [0, 0.1) is 0 Å². The molecule has 3 heterocycles. The fourth-order valence-corrected chi connectivity index (χ4v) is 4.27. The van der Waals surface area contributed by atoms with Gasteiger partial charge in [-0.05, 0) is 62.4 Å². The van der Waals surface area contributed by atoms with Crippen molar-refractivity contribution in [3.63, 3.8) is 0 Å². The summed E-state index contributed by atoms with van der Waals surface area (Å²) in [4.78, 5) is 9.55. The van der Waals surface area contributed by atoms with Gasteiger partial charge in [0.2, 0.25) is 0 Å². The molecule has 0 spiro atoms. The van der Waals surface area contributed by atoms with Crippen molar-refractivity contribution in [3.05, 3.63) is 60.0 Å². The molecule has 3 aromatic rings. The fourth-order valence-electron chi connectivity index (χ4n) is 4.27. The zero-order valence-electron chi connectivity index (χ0n) is 19.8. The number of guanidine groups is 1. The summed E-state index contributed by atoms with van der Waals surface area (Å²) >= 11 is 0. The van der Waals surface area contributed by atoms with E-state index in [9.17, 15) is 0 Å². The number of piperidine rings is 1. The number of rotatable bonds is 8. The molecule has 0 radical (unpaired) electrons. The Kier molecular flexibility index (Phi) is 9.77. The van der Waals surface area contributed by atoms with E-state index < -0.39 is 0 Å². The van der Waals surface area contributed by atoms with Gasteiger partial charge in [-0.25, -0.2) is 0 Å². The maximum atomic E-state index is 4.85. The minimum Gasteiger partial charge on any atom is -0.372 e. The number of benzene rings is 1. The number of nitrogens with zero attached hydrogens (tertiary/aromatic N) is 6. The van der Waals surface area contributed by atoms with Gasteiger partial charge in [0.1, 0.15) is 5.82 Å². The number of hydrogen-bond donors (Lipinski definition) is 1. The molecule has 7 nitrogen and oxygen atoms in total. The highest BCUT2D eigenvalue weighted by Gasteiger charge is 2.12. The lowest BCUT2D eigenvalue weighted by Gasteiger charge is -2.29. The van der Waals surface area contributed by atoms with Crippen LogP contribution in [0.15, 0.2) is 53.7 Å². The Balaban J connectivity index is 0.00000306. The number of hydrogen-bond acceptors (Lipinski definition) is 4. The molecular formula is C25H36IN7. The van der Waals surface area contributed by atoms with Crippen molar-refractivity contribution in [2.45, 2.75) is 45.6 Å². The third-order valence-electron chi connectivity index (χ3n) is 5.98. The molecule has 0 aliphatic carbocycles. The van der Waals surface area contributed by atoms with E-state index in [1.807, 2.05) is 24.4 Å². The molecule has 0 saturated carbocycles. The second kappa shape index (κ2) is 12.8. The van der Waals surface area contributed by atoms with Gasteiger partial charge in [0.05, 0.1) is 0 Å². The van der Waals surface area contributed by atoms with Crippen molar-refractivity contribution in [1.82, 2.24) is 24.8 Å². The minimum absolute atomic E-state index is 0. The number of nitrogens with one attached hydrogen (secondary N) is 1. The van der Waals surface area contributed by atoms with Gasteiger partial charge < -0.3 is 15.1 Å². The highest BCUT2D eigenvalue weighted by Crippen LogP contribution is 2.20. The number of halogens is 1. The number of aryl methyl sites for hydroxylation is 1. The summed E-state index contributed by atoms with van der Waals surface area (Å²) in [7, 11) is 2.10. The molecule has 1 saturated heterocycles. The predicted molar refractivity (Wildman–Crippen MR) is 147 cm³/mol. The highest BCUT2D eigenvalue weighted by atomic mass is 127. The zero-order chi connectivity index (χ0) is 22.2. The van der Waals surface area contributed by atoms with Crippen LogP contribution in [0.4, 0.5) is 5.69 Å². The molecule has 0 unspecified atom stereocenters. The van der Waals surface area contributed by atoms with Gasteiger partial charge in [0, 0.05) is 58.1 Å². The summed E-state index contributed by atoms with van der Waals surface area (Å²) in [6.07, 6.45) is 7.78. The minimum atomic E-state index is 0. The van der Waals surface area contributed by atoms with E-state index in [2.05, 4.69) is 68.0 Å². The highest BCUT2D eigenvalue weighted by molar-refractivity contribution is 14.0. The third-order valence-corrected chi connectivity index (χ3v) is 5.98. The molecule has 1 fully saturated rings. The van der Waals surface area contributed by atoms with Gasteiger partial charge >= 0.3 is 0 Å². The normalized spacial score (nSPS) is 14.2. The van der Waals surface area contributed by atoms with Crippen molar-refractivity contribution in [1.29, 1.82) is 0 Å². The smallest absolute Gasteiger partial charge is 0.193 e. The lowest BCUT2D eigenvalue weighted by molar-refractivity contribution is 0.476. The van der Waals surface area contributed by atoms with Crippen LogP contribution in [0.25, 0.3) is 5.65 Å². The summed E-state index contributed by atoms with van der Waals surface area (Å²) in [5, 5.41) is 12.0. The second-order valence-electron chi connectivity index (χ2n) is 8.45. The predicted octanol–water partition coefficient (Wildman–Crippen LogP) is 4.37. The van der Waals surface area contributed by atoms with E-state index in [1.54, 1.807) is 0 Å². The van der Waals surface area contributed by atoms with Crippen LogP contribution in [-0.4, -0.2) is 58.7 Å². The molecule has 1 aliphatic heterocycles. The molecule has 8 heteroatoms.